The van der Waals surface area contributed by atoms with Crippen LogP contribution in [0.25, 0.3) is 0 Å². The highest BCUT2D eigenvalue weighted by molar-refractivity contribution is 5.26. The highest BCUT2D eigenvalue weighted by Gasteiger charge is 2.23. The maximum Gasteiger partial charge on any atom is 0.199 e. The van der Waals surface area contributed by atoms with Crippen LogP contribution in [0.1, 0.15) is 140 Å². The molecule has 2 saturated carbocycles. The molecule has 0 saturated heterocycles. The molecular weight excluding hydrogens is 453 g/mol. The van der Waals surface area contributed by atoms with Gasteiger partial charge in [-0.1, -0.05) is 114 Å². The Kier molecular flexibility index (Phi) is 14.1. The van der Waals surface area contributed by atoms with Gasteiger partial charge in [0.1, 0.15) is 6.07 Å². The van der Waals surface area contributed by atoms with Crippen LogP contribution in [0.15, 0.2) is 48.3 Å². The van der Waals surface area contributed by atoms with Gasteiger partial charge in [-0.25, -0.2) is 0 Å². The summed E-state index contributed by atoms with van der Waals surface area (Å²) in [6, 6.07) is 11.2. The molecule has 1 aromatic rings. The summed E-state index contributed by atoms with van der Waals surface area (Å²) in [6.45, 7) is 2.28. The molecule has 0 aromatic heterocycles. The van der Waals surface area contributed by atoms with Gasteiger partial charge in [-0.05, 0) is 92.2 Å². The maximum absolute atomic E-state index is 12.8. The van der Waals surface area contributed by atoms with Gasteiger partial charge in [-0.15, -0.1) is 0 Å². The van der Waals surface area contributed by atoms with Gasteiger partial charge in [0, 0.05) is 0 Å². The number of nitrogens with zero attached hydrogens (tertiary/aromatic N) is 1. The molecule has 2 aliphatic carbocycles. The van der Waals surface area contributed by atoms with Gasteiger partial charge >= 0.3 is 0 Å². The monoisotopic (exact) mass is 505 g/mol. The minimum atomic E-state index is -0.710. The molecule has 0 N–H and O–H groups in total. The topological polar surface area (TPSA) is 23.8 Å². The first-order valence-corrected chi connectivity index (χ1v) is 15.7. The van der Waals surface area contributed by atoms with Crippen LogP contribution < -0.4 is 0 Å². The van der Waals surface area contributed by atoms with Gasteiger partial charge in [0.25, 0.3) is 0 Å². The number of allylic oxidation sites excluding steroid dienone is 4. The number of nitriles is 1. The Hall–Kier alpha value is -1.88. The molecule has 3 rings (SSSR count). The first-order chi connectivity index (χ1) is 18.2. The van der Waals surface area contributed by atoms with Gasteiger partial charge in [-0.2, -0.15) is 9.65 Å². The lowest BCUT2D eigenvalue weighted by Crippen LogP contribution is -2.15. The average molecular weight is 506 g/mol. The summed E-state index contributed by atoms with van der Waals surface area (Å²) in [7, 11) is 0. The Morgan fingerprint density at radius 3 is 2.00 bits per heavy atom. The van der Waals surface area contributed by atoms with Crippen LogP contribution in [-0.4, -0.2) is 0 Å². The molecule has 2 heteroatoms. The fourth-order valence-electron chi connectivity index (χ4n) is 6.79. The van der Waals surface area contributed by atoms with Crippen molar-refractivity contribution < 1.29 is 4.39 Å². The molecule has 0 bridgehead atoms. The lowest BCUT2D eigenvalue weighted by Gasteiger charge is -2.30. The molecule has 0 atom stereocenters. The van der Waals surface area contributed by atoms with E-state index in [0.29, 0.717) is 0 Å². The predicted molar refractivity (Wildman–Crippen MR) is 156 cm³/mol. The molecule has 0 unspecified atom stereocenters. The van der Waals surface area contributed by atoms with Crippen molar-refractivity contribution in [1.29, 1.82) is 5.26 Å². The summed E-state index contributed by atoms with van der Waals surface area (Å²) in [4.78, 5) is 0. The molecule has 2 aliphatic rings. The van der Waals surface area contributed by atoms with E-state index in [1.807, 2.05) is 6.08 Å². The number of aryl methyl sites for hydroxylation is 1. The average Bonchev–Trinajstić information content (AvgIpc) is 2.94. The van der Waals surface area contributed by atoms with E-state index in [-0.39, 0.29) is 0 Å². The zero-order valence-electron chi connectivity index (χ0n) is 23.6. The molecule has 0 radical (unpaired) electrons. The summed E-state index contributed by atoms with van der Waals surface area (Å²) in [6.07, 6.45) is 30.7. The number of halogens is 1. The molecule has 0 amide bonds. The van der Waals surface area contributed by atoms with Gasteiger partial charge in [0.05, 0.1) is 0 Å². The van der Waals surface area contributed by atoms with E-state index in [1.54, 1.807) is 11.6 Å². The van der Waals surface area contributed by atoms with Crippen molar-refractivity contribution in [2.75, 3.05) is 0 Å². The highest BCUT2D eigenvalue weighted by Crippen LogP contribution is 2.39. The van der Waals surface area contributed by atoms with Gasteiger partial charge in [0.15, 0.2) is 5.83 Å². The van der Waals surface area contributed by atoms with Gasteiger partial charge in [0.2, 0.25) is 0 Å². The molecular formula is C35H52FN. The summed E-state index contributed by atoms with van der Waals surface area (Å²) in [5.41, 5.74) is 3.12. The van der Waals surface area contributed by atoms with Crippen molar-refractivity contribution in [2.24, 2.45) is 17.8 Å². The van der Waals surface area contributed by atoms with Gasteiger partial charge in [-0.3, -0.25) is 0 Å². The number of hydrogen-bond donors (Lipinski definition) is 0. The number of benzene rings is 1. The van der Waals surface area contributed by atoms with Crippen LogP contribution in [0.4, 0.5) is 4.39 Å². The summed E-state index contributed by atoms with van der Waals surface area (Å²) in [5.74, 6) is 2.84. The standard InChI is InChI=1S/C35H52FN/c1-2-3-4-6-11-31-20-24-33(25-21-31)34-26-22-32(23-27-34)14-10-9-13-30-18-16-29(17-19-30)12-7-5-8-15-35(36)28-37/h5,8,15,20-21,24-25,29-30,32,34H,2-4,6-7,9-14,16-19,22-23,26-27H2,1H3/t29-,30-,32-,34-. The molecule has 1 nitrogen and oxygen atoms in total. The molecule has 0 aliphatic heterocycles. The summed E-state index contributed by atoms with van der Waals surface area (Å²) in [5, 5.41) is 8.42. The molecule has 0 heterocycles. The first kappa shape index (κ1) is 29.7. The van der Waals surface area contributed by atoms with E-state index >= 15 is 0 Å². The largest absolute Gasteiger partial charge is 0.199 e. The van der Waals surface area contributed by atoms with E-state index in [9.17, 15) is 4.39 Å². The predicted octanol–water partition coefficient (Wildman–Crippen LogP) is 11.2. The van der Waals surface area contributed by atoms with Crippen molar-refractivity contribution in [3.05, 3.63) is 59.4 Å². The molecule has 37 heavy (non-hydrogen) atoms. The highest BCUT2D eigenvalue weighted by atomic mass is 19.1. The van der Waals surface area contributed by atoms with Crippen molar-refractivity contribution >= 4 is 0 Å². The Bertz CT molecular complexity index is 829. The number of unbranched alkanes of at least 4 members (excludes halogenated alkanes) is 4. The number of hydrogen-bond acceptors (Lipinski definition) is 1. The Morgan fingerprint density at radius 2 is 1.41 bits per heavy atom. The smallest absolute Gasteiger partial charge is 0.195 e. The fourth-order valence-corrected chi connectivity index (χ4v) is 6.79. The van der Waals surface area contributed by atoms with Crippen LogP contribution in [0, 0.1) is 29.1 Å². The zero-order chi connectivity index (χ0) is 26.1. The van der Waals surface area contributed by atoms with Crippen LogP contribution in [0.3, 0.4) is 0 Å². The molecule has 1 aromatic carbocycles. The van der Waals surface area contributed by atoms with E-state index in [1.165, 1.54) is 133 Å². The third kappa shape index (κ3) is 11.6. The Morgan fingerprint density at radius 1 is 0.811 bits per heavy atom. The lowest BCUT2D eigenvalue weighted by molar-refractivity contribution is 0.244. The van der Waals surface area contributed by atoms with Crippen LogP contribution in [0.2, 0.25) is 0 Å². The summed E-state index contributed by atoms with van der Waals surface area (Å²) >= 11 is 0. The first-order valence-electron chi connectivity index (χ1n) is 15.7. The van der Waals surface area contributed by atoms with E-state index in [2.05, 4.69) is 31.2 Å². The zero-order valence-corrected chi connectivity index (χ0v) is 23.6. The Labute approximate surface area is 227 Å². The SMILES string of the molecule is CCCCCCc1ccc([C@H]2CC[C@H](CCCC[C@H]3CC[C@H](CCC=CC=C(F)C#N)CC3)CC2)cc1. The summed E-state index contributed by atoms with van der Waals surface area (Å²) < 4.78 is 12.8. The van der Waals surface area contributed by atoms with Crippen molar-refractivity contribution in [1.82, 2.24) is 0 Å². The van der Waals surface area contributed by atoms with Crippen molar-refractivity contribution in [3.63, 3.8) is 0 Å². The number of rotatable bonds is 15. The quantitative estimate of drug-likeness (QED) is 0.132. The normalized spacial score (nSPS) is 24.8. The maximum atomic E-state index is 12.8. The van der Waals surface area contributed by atoms with E-state index in [0.717, 1.165) is 30.1 Å². The van der Waals surface area contributed by atoms with E-state index in [4.69, 9.17) is 5.26 Å². The lowest BCUT2D eigenvalue weighted by atomic mass is 9.76. The van der Waals surface area contributed by atoms with E-state index < -0.39 is 5.83 Å². The second-order valence-electron chi connectivity index (χ2n) is 12.1. The second kappa shape index (κ2) is 17.6. The Balaban J connectivity index is 1.21. The van der Waals surface area contributed by atoms with Crippen LogP contribution in [-0.2, 0) is 6.42 Å². The van der Waals surface area contributed by atoms with Crippen molar-refractivity contribution in [3.8, 4) is 6.07 Å². The minimum Gasteiger partial charge on any atom is -0.195 e. The third-order valence-electron chi connectivity index (χ3n) is 9.28. The fraction of sp³-hybridized carbons (Fsp3) is 0.686. The van der Waals surface area contributed by atoms with Crippen molar-refractivity contribution in [2.45, 2.75) is 135 Å². The third-order valence-corrected chi connectivity index (χ3v) is 9.28. The molecule has 204 valence electrons. The second-order valence-corrected chi connectivity index (χ2v) is 12.1. The minimum absolute atomic E-state index is 0.710. The molecule has 2 fully saturated rings. The van der Waals surface area contributed by atoms with Crippen LogP contribution >= 0.6 is 0 Å². The van der Waals surface area contributed by atoms with Gasteiger partial charge < -0.3 is 0 Å². The molecule has 0 spiro atoms. The van der Waals surface area contributed by atoms with Crippen LogP contribution in [0.5, 0.6) is 0 Å².